The molecule has 1 atom stereocenters. The Morgan fingerprint density at radius 1 is 1.39 bits per heavy atom. The van der Waals surface area contributed by atoms with Crippen LogP contribution in [-0.2, 0) is 0 Å². The molecule has 1 N–H and O–H groups in total. The number of fused-ring (bicyclic) bond motifs is 1. The minimum Gasteiger partial charge on any atom is -0.464 e. The van der Waals surface area contributed by atoms with Crippen LogP contribution in [-0.4, -0.2) is 13.1 Å². The highest BCUT2D eigenvalue weighted by molar-refractivity contribution is 5.91. The summed E-state index contributed by atoms with van der Waals surface area (Å²) in [5.74, 6) is -1.42. The van der Waals surface area contributed by atoms with E-state index >= 15 is 0 Å². The van der Waals surface area contributed by atoms with Gasteiger partial charge in [-0.2, -0.15) is 0 Å². The van der Waals surface area contributed by atoms with Crippen LogP contribution in [0, 0.1) is 17.6 Å². The van der Waals surface area contributed by atoms with Gasteiger partial charge in [0.2, 0.25) is 0 Å². The Bertz CT molecular complexity index is 630. The van der Waals surface area contributed by atoms with Gasteiger partial charge in [-0.05, 0) is 23.6 Å². The fraction of sp³-hybridized carbons (Fsp3) is 0.286. The molecule has 2 nitrogen and oxygen atoms in total. The number of hydrogen-bond acceptors (Lipinski definition) is 2. The van der Waals surface area contributed by atoms with Gasteiger partial charge in [-0.25, -0.2) is 8.78 Å². The van der Waals surface area contributed by atoms with Crippen LogP contribution < -0.4 is 5.32 Å². The number of rotatable bonds is 1. The van der Waals surface area contributed by atoms with E-state index in [0.717, 1.165) is 18.7 Å². The Labute approximate surface area is 103 Å². The second-order valence-corrected chi connectivity index (χ2v) is 4.60. The maximum atomic E-state index is 13.6. The van der Waals surface area contributed by atoms with Gasteiger partial charge in [0.25, 0.3) is 0 Å². The maximum Gasteiger partial charge on any atom is 0.169 e. The van der Waals surface area contributed by atoms with Crippen LogP contribution in [0.3, 0.4) is 0 Å². The van der Waals surface area contributed by atoms with Crippen molar-refractivity contribution in [2.75, 3.05) is 13.1 Å². The van der Waals surface area contributed by atoms with E-state index in [9.17, 15) is 8.78 Å². The molecule has 1 aromatic carbocycles. The first-order valence-electron chi connectivity index (χ1n) is 5.95. The first-order valence-corrected chi connectivity index (χ1v) is 5.95. The Morgan fingerprint density at radius 3 is 3.00 bits per heavy atom. The van der Waals surface area contributed by atoms with E-state index in [1.165, 1.54) is 18.4 Å². The fourth-order valence-corrected chi connectivity index (χ4v) is 2.46. The lowest BCUT2D eigenvalue weighted by Crippen LogP contribution is -2.27. The van der Waals surface area contributed by atoms with Crippen LogP contribution in [0.1, 0.15) is 12.5 Å². The standard InChI is InChI=1S/C14H13F2NO/c1-8-7-17-4-2-9(8)11-6-12(15)13(16)10-3-5-18-14(10)11/h2-3,5-6,8,17H,4,7H2,1H3. The molecule has 94 valence electrons. The van der Waals surface area contributed by atoms with E-state index in [1.807, 2.05) is 13.0 Å². The van der Waals surface area contributed by atoms with Crippen LogP contribution in [0.25, 0.3) is 16.5 Å². The van der Waals surface area contributed by atoms with Gasteiger partial charge in [-0.15, -0.1) is 0 Å². The first-order chi connectivity index (χ1) is 8.68. The first kappa shape index (κ1) is 11.4. The zero-order valence-electron chi connectivity index (χ0n) is 9.97. The number of halogens is 2. The molecule has 0 fully saturated rings. The molecule has 4 heteroatoms. The molecule has 0 saturated carbocycles. The highest BCUT2D eigenvalue weighted by Gasteiger charge is 2.21. The minimum absolute atomic E-state index is 0.205. The van der Waals surface area contributed by atoms with E-state index in [-0.39, 0.29) is 11.3 Å². The largest absolute Gasteiger partial charge is 0.464 e. The molecule has 1 unspecified atom stereocenters. The molecular formula is C14H13F2NO. The van der Waals surface area contributed by atoms with Gasteiger partial charge in [-0.3, -0.25) is 0 Å². The number of benzene rings is 1. The Balaban J connectivity index is 2.26. The summed E-state index contributed by atoms with van der Waals surface area (Å²) in [6.45, 7) is 3.61. The third kappa shape index (κ3) is 1.64. The Kier molecular flexibility index (Phi) is 2.67. The summed E-state index contributed by atoms with van der Waals surface area (Å²) in [7, 11) is 0. The normalized spacial score (nSPS) is 20.2. The summed E-state index contributed by atoms with van der Waals surface area (Å²) in [5, 5.41) is 3.43. The maximum absolute atomic E-state index is 13.6. The number of nitrogens with one attached hydrogen (secondary N) is 1. The molecule has 0 aliphatic carbocycles. The van der Waals surface area contributed by atoms with Gasteiger partial charge < -0.3 is 9.73 Å². The van der Waals surface area contributed by atoms with Gasteiger partial charge in [0, 0.05) is 18.7 Å². The summed E-state index contributed by atoms with van der Waals surface area (Å²) in [6, 6.07) is 2.69. The van der Waals surface area contributed by atoms with Crippen molar-refractivity contribution < 1.29 is 13.2 Å². The SMILES string of the molecule is CC1CNCC=C1c1cc(F)c(F)c2ccoc12. The minimum atomic E-state index is -0.843. The van der Waals surface area contributed by atoms with Gasteiger partial charge in [0.15, 0.2) is 11.6 Å². The molecule has 0 bridgehead atoms. The second kappa shape index (κ2) is 4.21. The van der Waals surface area contributed by atoms with Crippen molar-refractivity contribution in [1.82, 2.24) is 5.32 Å². The van der Waals surface area contributed by atoms with E-state index in [0.29, 0.717) is 11.1 Å². The summed E-state index contributed by atoms with van der Waals surface area (Å²) in [6.07, 6.45) is 3.39. The lowest BCUT2D eigenvalue weighted by Gasteiger charge is -2.22. The predicted molar refractivity (Wildman–Crippen MR) is 66.1 cm³/mol. The highest BCUT2D eigenvalue weighted by Crippen LogP contribution is 2.34. The van der Waals surface area contributed by atoms with Crippen molar-refractivity contribution >= 4 is 16.5 Å². The van der Waals surface area contributed by atoms with Crippen molar-refractivity contribution in [2.24, 2.45) is 5.92 Å². The lowest BCUT2D eigenvalue weighted by atomic mass is 9.90. The molecule has 3 rings (SSSR count). The van der Waals surface area contributed by atoms with Crippen molar-refractivity contribution in [3.8, 4) is 0 Å². The van der Waals surface area contributed by atoms with Crippen LogP contribution >= 0.6 is 0 Å². The molecule has 0 saturated heterocycles. The van der Waals surface area contributed by atoms with Gasteiger partial charge in [0.05, 0.1) is 11.6 Å². The van der Waals surface area contributed by atoms with Gasteiger partial charge in [-0.1, -0.05) is 13.0 Å². The highest BCUT2D eigenvalue weighted by atomic mass is 19.2. The predicted octanol–water partition coefficient (Wildman–Crippen LogP) is 3.33. The van der Waals surface area contributed by atoms with Crippen molar-refractivity contribution in [1.29, 1.82) is 0 Å². The quantitative estimate of drug-likeness (QED) is 0.838. The monoisotopic (exact) mass is 249 g/mol. The summed E-state index contributed by atoms with van der Waals surface area (Å²) in [5.41, 5.74) is 2.09. The Hall–Kier alpha value is -1.68. The molecule has 1 aromatic heterocycles. The van der Waals surface area contributed by atoms with Crippen molar-refractivity contribution in [2.45, 2.75) is 6.92 Å². The van der Waals surface area contributed by atoms with Crippen molar-refractivity contribution in [3.05, 3.63) is 41.7 Å². The van der Waals surface area contributed by atoms with Gasteiger partial charge in [0.1, 0.15) is 5.58 Å². The van der Waals surface area contributed by atoms with Crippen molar-refractivity contribution in [3.63, 3.8) is 0 Å². The molecule has 18 heavy (non-hydrogen) atoms. The smallest absolute Gasteiger partial charge is 0.169 e. The molecule has 1 aliphatic heterocycles. The zero-order valence-corrected chi connectivity index (χ0v) is 9.97. The summed E-state index contributed by atoms with van der Waals surface area (Å²) < 4.78 is 32.5. The zero-order chi connectivity index (χ0) is 12.7. The molecule has 2 heterocycles. The van der Waals surface area contributed by atoms with E-state index < -0.39 is 11.6 Å². The summed E-state index contributed by atoms with van der Waals surface area (Å²) in [4.78, 5) is 0. The molecule has 0 radical (unpaired) electrons. The molecular weight excluding hydrogens is 236 g/mol. The van der Waals surface area contributed by atoms with Crippen LogP contribution in [0.4, 0.5) is 8.78 Å². The van der Waals surface area contributed by atoms with Crippen LogP contribution in [0.5, 0.6) is 0 Å². The van der Waals surface area contributed by atoms with Gasteiger partial charge >= 0.3 is 0 Å². The third-order valence-electron chi connectivity index (χ3n) is 3.39. The second-order valence-electron chi connectivity index (χ2n) is 4.60. The van der Waals surface area contributed by atoms with E-state index in [4.69, 9.17) is 4.42 Å². The topological polar surface area (TPSA) is 25.2 Å². The molecule has 0 amide bonds. The fourth-order valence-electron chi connectivity index (χ4n) is 2.46. The number of furan rings is 1. The molecule has 0 spiro atoms. The lowest BCUT2D eigenvalue weighted by molar-refractivity contribution is 0.514. The van der Waals surface area contributed by atoms with Crippen LogP contribution in [0.2, 0.25) is 0 Å². The average Bonchev–Trinajstić information content (AvgIpc) is 2.84. The van der Waals surface area contributed by atoms with Crippen LogP contribution in [0.15, 0.2) is 28.9 Å². The Morgan fingerprint density at radius 2 is 2.22 bits per heavy atom. The summed E-state index contributed by atoms with van der Waals surface area (Å²) >= 11 is 0. The van der Waals surface area contributed by atoms with E-state index in [1.54, 1.807) is 0 Å². The van der Waals surface area contributed by atoms with E-state index in [2.05, 4.69) is 5.32 Å². The number of hydrogen-bond donors (Lipinski definition) is 1. The average molecular weight is 249 g/mol. The molecule has 1 aliphatic rings. The molecule has 2 aromatic rings. The third-order valence-corrected chi connectivity index (χ3v) is 3.39.